The third-order valence-electron chi connectivity index (χ3n) is 6.44. The van der Waals surface area contributed by atoms with E-state index in [9.17, 15) is 14.7 Å². The molecule has 1 aromatic heterocycles. The van der Waals surface area contributed by atoms with Crippen molar-refractivity contribution in [2.75, 3.05) is 10.2 Å². The van der Waals surface area contributed by atoms with Crippen LogP contribution in [0.1, 0.15) is 32.6 Å². The molecule has 0 aliphatic carbocycles. The lowest BCUT2D eigenvalue weighted by Gasteiger charge is -2.27. The van der Waals surface area contributed by atoms with Crippen LogP contribution in [0.15, 0.2) is 72.9 Å². The number of carbonyl (C=O) groups is 2. The number of aryl methyl sites for hydroxylation is 2. The van der Waals surface area contributed by atoms with Crippen LogP contribution in [0.3, 0.4) is 0 Å². The summed E-state index contributed by atoms with van der Waals surface area (Å²) in [6, 6.07) is 18.6. The Balaban J connectivity index is 1.57. The molecule has 0 saturated heterocycles. The Bertz CT molecular complexity index is 1500. The van der Waals surface area contributed by atoms with Gasteiger partial charge in [-0.2, -0.15) is 5.10 Å². The Morgan fingerprint density at radius 1 is 1.11 bits per heavy atom. The van der Waals surface area contributed by atoms with Crippen molar-refractivity contribution in [3.63, 3.8) is 0 Å². The third-order valence-corrected chi connectivity index (χ3v) is 6.75. The molecule has 0 spiro atoms. The lowest BCUT2D eigenvalue weighted by atomic mass is 9.85. The number of benzene rings is 3. The lowest BCUT2D eigenvalue weighted by Crippen LogP contribution is -2.42. The number of nitrogens with two attached hydrogens (primary N) is 1. The van der Waals surface area contributed by atoms with Crippen LogP contribution in [0, 0.1) is 6.92 Å². The maximum absolute atomic E-state index is 13.8. The topological polar surface area (TPSA) is 113 Å². The standard InChI is InChI=1S/C27H24ClN5O3/c1-16-8-11-23-22(12-16)31-24-18(14-30-32(24)2)15-33(23)25(34)17-9-10-20(21(28)13-17)27(36,26(29)35)19-6-4-3-5-7-19/h3-14,31,36H,15H2,1-2H3,(H2,29,35). The Kier molecular flexibility index (Phi) is 5.78. The molecule has 0 bridgehead atoms. The summed E-state index contributed by atoms with van der Waals surface area (Å²) in [7, 11) is 1.84. The van der Waals surface area contributed by atoms with E-state index in [2.05, 4.69) is 10.4 Å². The zero-order valence-electron chi connectivity index (χ0n) is 19.7. The smallest absolute Gasteiger partial charge is 0.258 e. The predicted molar refractivity (Wildman–Crippen MR) is 138 cm³/mol. The van der Waals surface area contributed by atoms with E-state index in [-0.39, 0.29) is 22.1 Å². The number of amides is 2. The first-order valence-electron chi connectivity index (χ1n) is 11.3. The number of anilines is 3. The fourth-order valence-corrected chi connectivity index (χ4v) is 4.83. The quantitative estimate of drug-likeness (QED) is 0.391. The van der Waals surface area contributed by atoms with Crippen LogP contribution < -0.4 is 16.0 Å². The molecule has 8 nitrogen and oxygen atoms in total. The van der Waals surface area contributed by atoms with Crippen molar-refractivity contribution in [2.45, 2.75) is 19.1 Å². The number of aliphatic hydroxyl groups is 1. The molecule has 4 N–H and O–H groups in total. The fourth-order valence-electron chi connectivity index (χ4n) is 4.52. The van der Waals surface area contributed by atoms with Gasteiger partial charge >= 0.3 is 0 Å². The number of nitrogens with one attached hydrogen (secondary N) is 1. The molecule has 4 aromatic rings. The van der Waals surface area contributed by atoms with E-state index >= 15 is 0 Å². The molecule has 5 rings (SSSR count). The highest BCUT2D eigenvalue weighted by Gasteiger charge is 2.40. The van der Waals surface area contributed by atoms with Crippen LogP contribution in [0.25, 0.3) is 0 Å². The van der Waals surface area contributed by atoms with Gasteiger partial charge in [0.25, 0.3) is 11.8 Å². The third kappa shape index (κ3) is 3.80. The average molecular weight is 502 g/mol. The molecule has 9 heteroatoms. The van der Waals surface area contributed by atoms with Gasteiger partial charge in [0, 0.05) is 28.8 Å². The van der Waals surface area contributed by atoms with Crippen LogP contribution in [0.5, 0.6) is 0 Å². The Morgan fingerprint density at radius 3 is 2.56 bits per heavy atom. The van der Waals surface area contributed by atoms with E-state index < -0.39 is 11.5 Å². The molecule has 0 fully saturated rings. The largest absolute Gasteiger partial charge is 0.372 e. The molecule has 1 aliphatic rings. The fraction of sp³-hybridized carbons (Fsp3) is 0.148. The number of carbonyl (C=O) groups excluding carboxylic acids is 2. The van der Waals surface area contributed by atoms with Gasteiger partial charge < -0.3 is 21.1 Å². The van der Waals surface area contributed by atoms with Crippen LogP contribution >= 0.6 is 11.6 Å². The second-order valence-electron chi connectivity index (χ2n) is 8.81. The first-order valence-corrected chi connectivity index (χ1v) is 11.7. The van der Waals surface area contributed by atoms with Crippen molar-refractivity contribution in [1.29, 1.82) is 0 Å². The SMILES string of the molecule is Cc1ccc2c(c1)Nc1c(cnn1C)CN2C(=O)c1ccc(C(O)(C(N)=O)c2ccccc2)c(Cl)c1. The normalized spacial score (nSPS) is 14.2. The van der Waals surface area contributed by atoms with Gasteiger partial charge in [-0.05, 0) is 42.3 Å². The minimum absolute atomic E-state index is 0.0464. The molecule has 182 valence electrons. The number of fused-ring (bicyclic) bond motifs is 2. The average Bonchev–Trinajstić information content (AvgIpc) is 3.11. The van der Waals surface area contributed by atoms with Gasteiger partial charge in [0.15, 0.2) is 5.60 Å². The van der Waals surface area contributed by atoms with Crippen molar-refractivity contribution in [3.05, 3.63) is 106 Å². The molecule has 0 radical (unpaired) electrons. The molecule has 1 atom stereocenters. The molecular weight excluding hydrogens is 478 g/mol. The summed E-state index contributed by atoms with van der Waals surface area (Å²) < 4.78 is 1.73. The molecule has 36 heavy (non-hydrogen) atoms. The van der Waals surface area contributed by atoms with E-state index in [4.69, 9.17) is 17.3 Å². The van der Waals surface area contributed by atoms with Crippen molar-refractivity contribution in [1.82, 2.24) is 9.78 Å². The number of nitrogens with zero attached hydrogens (tertiary/aromatic N) is 3. The Hall–Kier alpha value is -4.14. The Labute approximate surface area is 212 Å². The van der Waals surface area contributed by atoms with E-state index in [1.54, 1.807) is 46.1 Å². The summed E-state index contributed by atoms with van der Waals surface area (Å²) in [5, 5.41) is 19.1. The first kappa shape index (κ1) is 23.6. The molecular formula is C27H24ClN5O3. The number of hydrogen-bond donors (Lipinski definition) is 3. The van der Waals surface area contributed by atoms with Crippen molar-refractivity contribution in [3.8, 4) is 0 Å². The molecule has 0 saturated carbocycles. The molecule has 3 aromatic carbocycles. The maximum atomic E-state index is 13.8. The highest BCUT2D eigenvalue weighted by atomic mass is 35.5. The maximum Gasteiger partial charge on any atom is 0.258 e. The van der Waals surface area contributed by atoms with Gasteiger partial charge in [-0.1, -0.05) is 54.1 Å². The summed E-state index contributed by atoms with van der Waals surface area (Å²) in [5.74, 6) is -0.462. The van der Waals surface area contributed by atoms with Gasteiger partial charge in [0.2, 0.25) is 0 Å². The lowest BCUT2D eigenvalue weighted by molar-refractivity contribution is -0.133. The second-order valence-corrected chi connectivity index (χ2v) is 9.22. The van der Waals surface area contributed by atoms with Gasteiger partial charge in [-0.25, -0.2) is 0 Å². The van der Waals surface area contributed by atoms with Crippen LogP contribution in [-0.4, -0.2) is 26.7 Å². The minimum Gasteiger partial charge on any atom is -0.372 e. The van der Waals surface area contributed by atoms with Crippen molar-refractivity contribution in [2.24, 2.45) is 12.8 Å². The predicted octanol–water partition coefficient (Wildman–Crippen LogP) is 4.01. The van der Waals surface area contributed by atoms with Crippen molar-refractivity contribution < 1.29 is 14.7 Å². The van der Waals surface area contributed by atoms with Crippen LogP contribution in [0.4, 0.5) is 17.2 Å². The summed E-state index contributed by atoms with van der Waals surface area (Å²) in [4.78, 5) is 27.8. The van der Waals surface area contributed by atoms with Crippen molar-refractivity contribution >= 4 is 40.6 Å². The van der Waals surface area contributed by atoms with Gasteiger partial charge in [0.1, 0.15) is 5.82 Å². The first-order chi connectivity index (χ1) is 17.2. The summed E-state index contributed by atoms with van der Waals surface area (Å²) >= 11 is 6.56. The highest BCUT2D eigenvalue weighted by Crippen LogP contribution is 2.38. The number of primary amides is 1. The van der Waals surface area contributed by atoms with Crippen LogP contribution in [0.2, 0.25) is 5.02 Å². The van der Waals surface area contributed by atoms with Gasteiger partial charge in [-0.3, -0.25) is 14.3 Å². The van der Waals surface area contributed by atoms with Gasteiger partial charge in [-0.15, -0.1) is 0 Å². The molecule has 1 unspecified atom stereocenters. The summed E-state index contributed by atoms with van der Waals surface area (Å²) in [6.45, 7) is 2.27. The number of aromatic nitrogens is 2. The van der Waals surface area contributed by atoms with E-state index in [0.29, 0.717) is 17.8 Å². The monoisotopic (exact) mass is 501 g/mol. The second kappa shape index (κ2) is 8.82. The zero-order chi connectivity index (χ0) is 25.6. The molecule has 1 aliphatic heterocycles. The number of rotatable bonds is 4. The molecule has 2 amide bonds. The number of hydrogen-bond acceptors (Lipinski definition) is 5. The Morgan fingerprint density at radius 2 is 1.86 bits per heavy atom. The zero-order valence-corrected chi connectivity index (χ0v) is 20.5. The molecule has 2 heterocycles. The summed E-state index contributed by atoms with van der Waals surface area (Å²) in [6.07, 6.45) is 1.73. The van der Waals surface area contributed by atoms with Gasteiger partial charge in [0.05, 0.1) is 24.1 Å². The van der Waals surface area contributed by atoms with E-state index in [1.807, 2.05) is 32.2 Å². The van der Waals surface area contributed by atoms with E-state index in [0.717, 1.165) is 22.6 Å². The van der Waals surface area contributed by atoms with Crippen LogP contribution in [-0.2, 0) is 24.0 Å². The van der Waals surface area contributed by atoms with E-state index in [1.165, 1.54) is 18.2 Å². The summed E-state index contributed by atoms with van der Waals surface area (Å²) in [5.41, 5.74) is 7.52. The number of halogens is 1. The highest BCUT2D eigenvalue weighted by molar-refractivity contribution is 6.32. The minimum atomic E-state index is -2.15.